The summed E-state index contributed by atoms with van der Waals surface area (Å²) in [6, 6.07) is 12.6. The zero-order chi connectivity index (χ0) is 22.9. The Morgan fingerprint density at radius 1 is 1.06 bits per heavy atom. The molecule has 0 fully saturated rings. The molecular formula is C21H21ClN4O4S. The van der Waals surface area contributed by atoms with Crippen molar-refractivity contribution >= 4 is 33.2 Å². The molecule has 0 unspecified atom stereocenters. The Balaban J connectivity index is 1.99. The molecule has 162 valence electrons. The lowest BCUT2D eigenvalue weighted by atomic mass is 10.2. The summed E-state index contributed by atoms with van der Waals surface area (Å²) in [7, 11) is -0.849. The molecule has 3 aromatic rings. The average Bonchev–Trinajstić information content (AvgIpc) is 2.70. The van der Waals surface area contributed by atoms with Gasteiger partial charge in [-0.25, -0.2) is 17.4 Å². The minimum Gasteiger partial charge on any atom is -0.320 e. The van der Waals surface area contributed by atoms with Crippen molar-refractivity contribution in [2.45, 2.75) is 18.7 Å². The highest BCUT2D eigenvalue weighted by Gasteiger charge is 2.21. The van der Waals surface area contributed by atoms with E-state index >= 15 is 0 Å². The predicted octanol–water partition coefficient (Wildman–Crippen LogP) is 3.01. The van der Waals surface area contributed by atoms with E-state index < -0.39 is 21.4 Å². The Morgan fingerprint density at radius 2 is 1.71 bits per heavy atom. The Bertz CT molecular complexity index is 1320. The van der Waals surface area contributed by atoms with Crippen LogP contribution in [0.25, 0.3) is 5.69 Å². The second kappa shape index (κ2) is 8.62. The summed E-state index contributed by atoms with van der Waals surface area (Å²) >= 11 is 5.92. The van der Waals surface area contributed by atoms with Crippen LogP contribution in [0.2, 0.25) is 5.02 Å². The topological polar surface area (TPSA) is 101 Å². The number of aromatic nitrogens is 2. The normalized spacial score (nSPS) is 11.5. The molecular weight excluding hydrogens is 440 g/mol. The molecule has 0 bridgehead atoms. The minimum absolute atomic E-state index is 0.0609. The number of halogens is 1. The number of rotatable bonds is 5. The highest BCUT2D eigenvalue weighted by Crippen LogP contribution is 2.22. The fraction of sp³-hybridized carbons (Fsp3) is 0.190. The molecule has 3 rings (SSSR count). The van der Waals surface area contributed by atoms with Gasteiger partial charge in [0, 0.05) is 36.6 Å². The maximum atomic E-state index is 12.8. The molecule has 0 aliphatic heterocycles. The first-order valence-corrected chi connectivity index (χ1v) is 11.0. The van der Waals surface area contributed by atoms with Gasteiger partial charge in [0.1, 0.15) is 0 Å². The van der Waals surface area contributed by atoms with Crippen molar-refractivity contribution < 1.29 is 13.2 Å². The van der Waals surface area contributed by atoms with Gasteiger partial charge in [0.2, 0.25) is 15.5 Å². The van der Waals surface area contributed by atoms with Crippen molar-refractivity contribution in [2.75, 3.05) is 19.4 Å². The first kappa shape index (κ1) is 22.7. The van der Waals surface area contributed by atoms with Gasteiger partial charge in [0.05, 0.1) is 10.6 Å². The van der Waals surface area contributed by atoms with Gasteiger partial charge in [-0.15, -0.1) is 0 Å². The second-order valence-electron chi connectivity index (χ2n) is 7.11. The van der Waals surface area contributed by atoms with Gasteiger partial charge in [0.25, 0.3) is 5.91 Å². The van der Waals surface area contributed by atoms with E-state index in [1.165, 1.54) is 30.9 Å². The Morgan fingerprint density at radius 3 is 2.32 bits per heavy atom. The van der Waals surface area contributed by atoms with Gasteiger partial charge in [-0.1, -0.05) is 17.7 Å². The van der Waals surface area contributed by atoms with E-state index in [-0.39, 0.29) is 16.3 Å². The van der Waals surface area contributed by atoms with Crippen LogP contribution in [0, 0.1) is 13.8 Å². The molecule has 10 heteroatoms. The molecule has 0 atom stereocenters. The number of carbonyl (C=O) groups is 1. The molecule has 2 aromatic carbocycles. The smallest absolute Gasteiger partial charge is 0.280 e. The molecule has 8 nitrogen and oxygen atoms in total. The zero-order valence-electron chi connectivity index (χ0n) is 17.4. The van der Waals surface area contributed by atoms with E-state index in [0.29, 0.717) is 22.0 Å². The SMILES string of the molecule is Cc1ccc(NC(=O)c2nn(-c3ccc(Cl)cc3)c(C)cc2=O)cc1S(=O)(=O)N(C)C. The third kappa shape index (κ3) is 4.68. The quantitative estimate of drug-likeness (QED) is 0.630. The number of amides is 1. The van der Waals surface area contributed by atoms with E-state index in [4.69, 9.17) is 11.6 Å². The number of nitrogens with one attached hydrogen (secondary N) is 1. The predicted molar refractivity (Wildman–Crippen MR) is 120 cm³/mol. The molecule has 31 heavy (non-hydrogen) atoms. The maximum Gasteiger partial charge on any atom is 0.280 e. The van der Waals surface area contributed by atoms with Crippen LogP contribution in [0.15, 0.2) is 58.2 Å². The third-order valence-corrected chi connectivity index (χ3v) is 6.81. The Kier molecular flexibility index (Phi) is 6.30. The monoisotopic (exact) mass is 460 g/mol. The van der Waals surface area contributed by atoms with Crippen LogP contribution in [0.3, 0.4) is 0 Å². The number of hydrogen-bond acceptors (Lipinski definition) is 5. The molecule has 1 amide bonds. The summed E-state index contributed by atoms with van der Waals surface area (Å²) in [5, 5.41) is 7.32. The standard InChI is InChI=1S/C21H21ClN4O4S/c1-13-5-8-16(12-19(13)31(29,30)25(3)4)23-21(28)20-18(27)11-14(2)26(24-20)17-9-6-15(22)7-10-17/h5-12H,1-4H3,(H,23,28). The molecule has 1 N–H and O–H groups in total. The van der Waals surface area contributed by atoms with E-state index in [1.54, 1.807) is 50.2 Å². The summed E-state index contributed by atoms with van der Waals surface area (Å²) in [6.07, 6.45) is 0. The molecule has 0 radical (unpaired) electrons. The number of aryl methyl sites for hydroxylation is 2. The summed E-state index contributed by atoms with van der Waals surface area (Å²) in [5.41, 5.74) is 1.07. The highest BCUT2D eigenvalue weighted by atomic mass is 35.5. The van der Waals surface area contributed by atoms with Gasteiger partial charge in [-0.2, -0.15) is 5.10 Å². The van der Waals surface area contributed by atoms with E-state index in [2.05, 4.69) is 10.4 Å². The lowest BCUT2D eigenvalue weighted by Crippen LogP contribution is -2.27. The van der Waals surface area contributed by atoms with E-state index in [9.17, 15) is 18.0 Å². The highest BCUT2D eigenvalue weighted by molar-refractivity contribution is 7.89. The van der Waals surface area contributed by atoms with Crippen LogP contribution in [0.1, 0.15) is 21.7 Å². The molecule has 1 aromatic heterocycles. The van der Waals surface area contributed by atoms with Gasteiger partial charge in [-0.05, 0) is 55.8 Å². The minimum atomic E-state index is -3.70. The van der Waals surface area contributed by atoms with Crippen LogP contribution in [0.4, 0.5) is 5.69 Å². The number of hydrogen-bond donors (Lipinski definition) is 1. The van der Waals surface area contributed by atoms with Gasteiger partial charge >= 0.3 is 0 Å². The van der Waals surface area contributed by atoms with Gasteiger partial charge in [0.15, 0.2) is 5.69 Å². The van der Waals surface area contributed by atoms with Crippen molar-refractivity contribution in [3.05, 3.63) is 80.7 Å². The molecule has 0 saturated carbocycles. The first-order valence-electron chi connectivity index (χ1n) is 9.22. The second-order valence-corrected chi connectivity index (χ2v) is 9.67. The molecule has 0 aliphatic carbocycles. The van der Waals surface area contributed by atoms with Crippen LogP contribution >= 0.6 is 11.6 Å². The Labute approximate surface area is 185 Å². The number of benzene rings is 2. The van der Waals surface area contributed by atoms with Crippen molar-refractivity contribution in [1.82, 2.24) is 14.1 Å². The summed E-state index contributed by atoms with van der Waals surface area (Å²) in [5.74, 6) is -0.746. The molecule has 0 spiro atoms. The first-order chi connectivity index (χ1) is 14.5. The van der Waals surface area contributed by atoms with Crippen LogP contribution < -0.4 is 10.7 Å². The van der Waals surface area contributed by atoms with Crippen LogP contribution in [-0.4, -0.2) is 42.5 Å². The van der Waals surface area contributed by atoms with Crippen molar-refractivity contribution in [2.24, 2.45) is 0 Å². The lowest BCUT2D eigenvalue weighted by molar-refractivity contribution is 0.101. The van der Waals surface area contributed by atoms with E-state index in [1.807, 2.05) is 0 Å². The number of nitrogens with zero attached hydrogens (tertiary/aromatic N) is 3. The number of sulfonamides is 1. The van der Waals surface area contributed by atoms with E-state index in [0.717, 1.165) is 4.31 Å². The molecule has 0 aliphatic rings. The largest absolute Gasteiger partial charge is 0.320 e. The fourth-order valence-electron chi connectivity index (χ4n) is 2.89. The van der Waals surface area contributed by atoms with Crippen LogP contribution in [0.5, 0.6) is 0 Å². The maximum absolute atomic E-state index is 12.8. The molecule has 0 saturated heterocycles. The summed E-state index contributed by atoms with van der Waals surface area (Å²) in [6.45, 7) is 3.36. The Hall–Kier alpha value is -3.01. The van der Waals surface area contributed by atoms with Crippen molar-refractivity contribution in [1.29, 1.82) is 0 Å². The lowest BCUT2D eigenvalue weighted by Gasteiger charge is -2.15. The molecule has 1 heterocycles. The zero-order valence-corrected chi connectivity index (χ0v) is 19.0. The van der Waals surface area contributed by atoms with Gasteiger partial charge in [-0.3, -0.25) is 9.59 Å². The average molecular weight is 461 g/mol. The van der Waals surface area contributed by atoms with Crippen molar-refractivity contribution in [3.8, 4) is 5.69 Å². The number of carbonyl (C=O) groups excluding carboxylic acids is 1. The fourth-order valence-corrected chi connectivity index (χ4v) is 4.16. The van der Waals surface area contributed by atoms with Crippen molar-refractivity contribution in [3.63, 3.8) is 0 Å². The number of anilines is 1. The van der Waals surface area contributed by atoms with Gasteiger partial charge < -0.3 is 5.32 Å². The summed E-state index contributed by atoms with van der Waals surface area (Å²) in [4.78, 5) is 25.3. The summed E-state index contributed by atoms with van der Waals surface area (Å²) < 4.78 is 27.6. The third-order valence-electron chi connectivity index (χ3n) is 4.60. The van der Waals surface area contributed by atoms with Crippen LogP contribution in [-0.2, 0) is 10.0 Å².